The molecule has 0 spiro atoms. The molecule has 0 aromatic heterocycles. The fourth-order valence-electron chi connectivity index (χ4n) is 2.86. The van der Waals surface area contributed by atoms with Crippen LogP contribution in [0.25, 0.3) is 0 Å². The van der Waals surface area contributed by atoms with E-state index in [1.807, 2.05) is 24.3 Å². The number of ether oxygens (including phenoxy) is 2. The van der Waals surface area contributed by atoms with Gasteiger partial charge in [-0.25, -0.2) is 0 Å². The van der Waals surface area contributed by atoms with E-state index >= 15 is 0 Å². The second kappa shape index (κ2) is 7.64. The highest BCUT2D eigenvalue weighted by molar-refractivity contribution is 5.94. The largest absolute Gasteiger partial charge is 0.493 e. The van der Waals surface area contributed by atoms with E-state index in [1.165, 1.54) is 0 Å². The Hall–Kier alpha value is -2.29. The first-order valence-corrected chi connectivity index (χ1v) is 7.42. The average molecular weight is 298 g/mol. The van der Waals surface area contributed by atoms with Crippen LogP contribution in [0.2, 0.25) is 0 Å². The van der Waals surface area contributed by atoms with Crippen molar-refractivity contribution in [2.24, 2.45) is 5.92 Å². The van der Waals surface area contributed by atoms with Crippen molar-refractivity contribution in [3.8, 4) is 11.5 Å². The molecule has 1 aliphatic carbocycles. The van der Waals surface area contributed by atoms with Gasteiger partial charge in [-0.1, -0.05) is 36.9 Å². The van der Waals surface area contributed by atoms with Gasteiger partial charge in [0.15, 0.2) is 17.3 Å². The van der Waals surface area contributed by atoms with E-state index in [2.05, 4.69) is 12.7 Å². The van der Waals surface area contributed by atoms with Gasteiger partial charge in [0.05, 0.1) is 14.2 Å². The highest BCUT2D eigenvalue weighted by Crippen LogP contribution is 2.38. The summed E-state index contributed by atoms with van der Waals surface area (Å²) in [5.41, 5.74) is 1.10. The number of benzene rings is 1. The first kappa shape index (κ1) is 16.1. The molecule has 0 heterocycles. The van der Waals surface area contributed by atoms with E-state index in [0.717, 1.165) is 18.4 Å². The quantitative estimate of drug-likeness (QED) is 0.451. The summed E-state index contributed by atoms with van der Waals surface area (Å²) in [6, 6.07) is 5.89. The Morgan fingerprint density at radius 2 is 2.05 bits per heavy atom. The minimum atomic E-state index is -0.136. The van der Waals surface area contributed by atoms with Crippen LogP contribution in [0.1, 0.15) is 24.3 Å². The van der Waals surface area contributed by atoms with Gasteiger partial charge in [0.1, 0.15) is 0 Å². The summed E-state index contributed by atoms with van der Waals surface area (Å²) in [4.78, 5) is 12.4. The summed E-state index contributed by atoms with van der Waals surface area (Å²) in [5, 5.41) is 0. The molecule has 116 valence electrons. The number of ketones is 1. The number of allylic oxidation sites excluding steroid dienone is 5. The van der Waals surface area contributed by atoms with Gasteiger partial charge in [-0.15, -0.1) is 0 Å². The van der Waals surface area contributed by atoms with Crippen LogP contribution < -0.4 is 9.47 Å². The van der Waals surface area contributed by atoms with E-state index in [4.69, 9.17) is 9.47 Å². The molecule has 0 saturated carbocycles. The SMILES string of the molecule is C=CC=CC(=O)C1C=CCCC1c1ccc(OC)c(OC)c1. The van der Waals surface area contributed by atoms with Crippen LogP contribution in [0.15, 0.2) is 55.2 Å². The van der Waals surface area contributed by atoms with Gasteiger partial charge in [-0.3, -0.25) is 4.79 Å². The summed E-state index contributed by atoms with van der Waals surface area (Å²) < 4.78 is 10.7. The predicted molar refractivity (Wildman–Crippen MR) is 88.5 cm³/mol. The third kappa shape index (κ3) is 3.48. The van der Waals surface area contributed by atoms with Gasteiger partial charge in [0.25, 0.3) is 0 Å². The predicted octanol–water partition coefficient (Wildman–Crippen LogP) is 4.06. The van der Waals surface area contributed by atoms with Gasteiger partial charge in [0.2, 0.25) is 0 Å². The van der Waals surface area contributed by atoms with Gasteiger partial charge in [-0.05, 0) is 42.5 Å². The maximum absolute atomic E-state index is 12.4. The second-order valence-electron chi connectivity index (χ2n) is 5.25. The van der Waals surface area contributed by atoms with Gasteiger partial charge in [0, 0.05) is 5.92 Å². The fraction of sp³-hybridized carbons (Fsp3) is 0.316. The van der Waals surface area contributed by atoms with E-state index in [-0.39, 0.29) is 17.6 Å². The standard InChI is InChI=1S/C19H22O3/c1-4-5-10-17(20)16-9-7-6-8-15(16)14-11-12-18(21-2)19(13-14)22-3/h4-5,7,9-13,15-16H,1,6,8H2,2-3H3. The first-order chi connectivity index (χ1) is 10.7. The van der Waals surface area contributed by atoms with Crippen LogP contribution in [0, 0.1) is 5.92 Å². The second-order valence-corrected chi connectivity index (χ2v) is 5.25. The highest BCUT2D eigenvalue weighted by atomic mass is 16.5. The monoisotopic (exact) mass is 298 g/mol. The summed E-state index contributed by atoms with van der Waals surface area (Å²) in [6.07, 6.45) is 10.9. The molecule has 0 aliphatic heterocycles. The maximum Gasteiger partial charge on any atom is 0.163 e. The molecular weight excluding hydrogens is 276 g/mol. The van der Waals surface area contributed by atoms with Crippen molar-refractivity contribution in [3.63, 3.8) is 0 Å². The number of methoxy groups -OCH3 is 2. The van der Waals surface area contributed by atoms with Crippen molar-refractivity contribution in [1.82, 2.24) is 0 Å². The number of hydrogen-bond acceptors (Lipinski definition) is 3. The molecule has 2 rings (SSSR count). The van der Waals surface area contributed by atoms with E-state index in [9.17, 15) is 4.79 Å². The zero-order valence-corrected chi connectivity index (χ0v) is 13.1. The zero-order chi connectivity index (χ0) is 15.9. The van der Waals surface area contributed by atoms with Crippen molar-refractivity contribution in [2.45, 2.75) is 18.8 Å². The molecule has 0 radical (unpaired) electrons. The van der Waals surface area contributed by atoms with E-state index in [1.54, 1.807) is 32.4 Å². The summed E-state index contributed by atoms with van der Waals surface area (Å²) >= 11 is 0. The molecule has 3 nitrogen and oxygen atoms in total. The third-order valence-corrected chi connectivity index (χ3v) is 3.98. The van der Waals surface area contributed by atoms with Crippen molar-refractivity contribution in [2.75, 3.05) is 14.2 Å². The highest BCUT2D eigenvalue weighted by Gasteiger charge is 2.28. The van der Waals surface area contributed by atoms with E-state index in [0.29, 0.717) is 11.5 Å². The Balaban J connectivity index is 2.32. The lowest BCUT2D eigenvalue weighted by Crippen LogP contribution is -2.21. The van der Waals surface area contributed by atoms with Crippen LogP contribution >= 0.6 is 0 Å². The van der Waals surface area contributed by atoms with Crippen molar-refractivity contribution in [1.29, 1.82) is 0 Å². The lowest BCUT2D eigenvalue weighted by molar-refractivity contribution is -0.117. The molecule has 0 bridgehead atoms. The summed E-state index contributed by atoms with van der Waals surface area (Å²) in [7, 11) is 3.24. The number of hydrogen-bond donors (Lipinski definition) is 0. The molecular formula is C19H22O3. The number of carbonyl (C=O) groups is 1. The summed E-state index contributed by atoms with van der Waals surface area (Å²) in [5.74, 6) is 1.53. The Morgan fingerprint density at radius 3 is 2.73 bits per heavy atom. The van der Waals surface area contributed by atoms with Gasteiger partial charge in [-0.2, -0.15) is 0 Å². The Labute approximate surface area is 131 Å². The molecule has 2 atom stereocenters. The molecule has 22 heavy (non-hydrogen) atoms. The molecule has 1 aromatic carbocycles. The molecule has 1 aromatic rings. The van der Waals surface area contributed by atoms with E-state index < -0.39 is 0 Å². The minimum absolute atomic E-state index is 0.107. The molecule has 0 saturated heterocycles. The number of rotatable bonds is 6. The molecule has 0 fully saturated rings. The van der Waals surface area contributed by atoms with Crippen LogP contribution in [0.3, 0.4) is 0 Å². The fourth-order valence-corrected chi connectivity index (χ4v) is 2.86. The topological polar surface area (TPSA) is 35.5 Å². The minimum Gasteiger partial charge on any atom is -0.493 e. The smallest absolute Gasteiger partial charge is 0.163 e. The van der Waals surface area contributed by atoms with Crippen molar-refractivity contribution in [3.05, 3.63) is 60.7 Å². The Morgan fingerprint density at radius 1 is 1.27 bits per heavy atom. The molecule has 1 aliphatic rings. The average Bonchev–Trinajstić information content (AvgIpc) is 2.59. The first-order valence-electron chi connectivity index (χ1n) is 7.42. The molecule has 0 amide bonds. The third-order valence-electron chi connectivity index (χ3n) is 3.98. The molecule has 0 N–H and O–H groups in total. The van der Waals surface area contributed by atoms with Crippen LogP contribution in [0.4, 0.5) is 0 Å². The normalized spacial score (nSPS) is 20.8. The van der Waals surface area contributed by atoms with Crippen molar-refractivity contribution >= 4 is 5.78 Å². The number of carbonyl (C=O) groups excluding carboxylic acids is 1. The molecule has 3 heteroatoms. The maximum atomic E-state index is 12.4. The zero-order valence-electron chi connectivity index (χ0n) is 13.1. The summed E-state index contributed by atoms with van der Waals surface area (Å²) in [6.45, 7) is 3.61. The Bertz CT molecular complexity index is 599. The van der Waals surface area contributed by atoms with Crippen LogP contribution in [-0.4, -0.2) is 20.0 Å². The van der Waals surface area contributed by atoms with Gasteiger partial charge >= 0.3 is 0 Å². The lowest BCUT2D eigenvalue weighted by Gasteiger charge is -2.27. The Kier molecular flexibility index (Phi) is 5.59. The van der Waals surface area contributed by atoms with Crippen LogP contribution in [0.5, 0.6) is 11.5 Å². The van der Waals surface area contributed by atoms with Gasteiger partial charge < -0.3 is 9.47 Å². The molecule has 2 unspecified atom stereocenters. The van der Waals surface area contributed by atoms with Crippen LogP contribution in [-0.2, 0) is 4.79 Å². The van der Waals surface area contributed by atoms with Crippen molar-refractivity contribution < 1.29 is 14.3 Å². The lowest BCUT2D eigenvalue weighted by atomic mass is 9.77.